The highest BCUT2D eigenvalue weighted by Gasteiger charge is 2.34. The smallest absolute Gasteiger partial charge is 0.242 e. The van der Waals surface area contributed by atoms with Crippen LogP contribution in [-0.4, -0.2) is 36.1 Å². The Kier molecular flexibility index (Phi) is 8.38. The molecule has 1 atom stereocenters. The van der Waals surface area contributed by atoms with Crippen LogP contribution in [0.3, 0.4) is 0 Å². The van der Waals surface area contributed by atoms with E-state index in [0.29, 0.717) is 5.96 Å². The van der Waals surface area contributed by atoms with Crippen molar-refractivity contribution in [3.63, 3.8) is 0 Å². The summed E-state index contributed by atoms with van der Waals surface area (Å²) in [5, 5.41) is 9.62. The Balaban J connectivity index is 0.00000364. The quantitative estimate of drug-likeness (QED) is 0.345. The highest BCUT2D eigenvalue weighted by molar-refractivity contribution is 14.0. The maximum atomic E-state index is 12.1. The minimum Gasteiger partial charge on any atom is -0.487 e. The van der Waals surface area contributed by atoms with Gasteiger partial charge in [-0.25, -0.2) is 4.99 Å². The Morgan fingerprint density at radius 2 is 1.96 bits per heavy atom. The number of carbonyl (C=O) groups is 1. The standard InChI is InChI=1S/C20H32N4O2.HI/c1-7-21-18(22-13-17(25)24-19(2,3)4)23-15-12-20(5,6)26-16-11-9-8-10-14(15)16;/h8-11,15H,7,12-13H2,1-6H3,(H,24,25)(H2,21,22,23);1H. The van der Waals surface area contributed by atoms with Crippen LogP contribution in [0.2, 0.25) is 0 Å². The van der Waals surface area contributed by atoms with Gasteiger partial charge in [-0.1, -0.05) is 18.2 Å². The summed E-state index contributed by atoms with van der Waals surface area (Å²) < 4.78 is 6.08. The van der Waals surface area contributed by atoms with Crippen LogP contribution in [0.25, 0.3) is 0 Å². The van der Waals surface area contributed by atoms with Crippen LogP contribution in [0.5, 0.6) is 5.75 Å². The predicted octanol–water partition coefficient (Wildman–Crippen LogP) is 3.38. The fourth-order valence-corrected chi connectivity index (χ4v) is 3.02. The SMILES string of the molecule is CCNC(=NCC(=O)NC(C)(C)C)NC1CC(C)(C)Oc2ccccc21.I. The number of benzene rings is 1. The summed E-state index contributed by atoms with van der Waals surface area (Å²) >= 11 is 0. The number of hydrogen-bond donors (Lipinski definition) is 3. The summed E-state index contributed by atoms with van der Waals surface area (Å²) in [6.45, 7) is 12.9. The summed E-state index contributed by atoms with van der Waals surface area (Å²) in [4.78, 5) is 16.5. The van der Waals surface area contributed by atoms with Crippen molar-refractivity contribution >= 4 is 35.8 Å². The van der Waals surface area contributed by atoms with Crippen LogP contribution in [-0.2, 0) is 4.79 Å². The molecule has 0 spiro atoms. The van der Waals surface area contributed by atoms with Crippen molar-refractivity contribution in [2.45, 2.75) is 65.1 Å². The molecule has 0 bridgehead atoms. The van der Waals surface area contributed by atoms with Crippen molar-refractivity contribution in [1.29, 1.82) is 0 Å². The first-order valence-electron chi connectivity index (χ1n) is 9.23. The molecule has 1 aliphatic rings. The third-order valence-corrected chi connectivity index (χ3v) is 3.93. The van der Waals surface area contributed by atoms with E-state index in [-0.39, 0.29) is 53.6 Å². The van der Waals surface area contributed by atoms with Gasteiger partial charge in [0.15, 0.2) is 5.96 Å². The van der Waals surface area contributed by atoms with Crippen LogP contribution < -0.4 is 20.7 Å². The topological polar surface area (TPSA) is 74.8 Å². The molecule has 1 amide bonds. The highest BCUT2D eigenvalue weighted by atomic mass is 127. The molecule has 0 saturated carbocycles. The van der Waals surface area contributed by atoms with Crippen LogP contribution in [0.1, 0.15) is 59.6 Å². The van der Waals surface area contributed by atoms with E-state index >= 15 is 0 Å². The van der Waals surface area contributed by atoms with Crippen LogP contribution in [0, 0.1) is 0 Å². The molecule has 6 nitrogen and oxygen atoms in total. The number of fused-ring (bicyclic) bond motifs is 1. The van der Waals surface area contributed by atoms with E-state index in [1.807, 2.05) is 45.9 Å². The van der Waals surface area contributed by atoms with E-state index in [9.17, 15) is 4.79 Å². The lowest BCUT2D eigenvalue weighted by Gasteiger charge is -2.38. The van der Waals surface area contributed by atoms with Crippen molar-refractivity contribution in [3.05, 3.63) is 29.8 Å². The first kappa shape index (κ1) is 23.5. The van der Waals surface area contributed by atoms with Gasteiger partial charge in [0.25, 0.3) is 0 Å². The van der Waals surface area contributed by atoms with Gasteiger partial charge in [-0.15, -0.1) is 24.0 Å². The monoisotopic (exact) mass is 488 g/mol. The van der Waals surface area contributed by atoms with Gasteiger partial charge < -0.3 is 20.7 Å². The van der Waals surface area contributed by atoms with Crippen molar-refractivity contribution in [2.24, 2.45) is 4.99 Å². The third kappa shape index (κ3) is 7.56. The molecule has 0 aromatic heterocycles. The molecule has 1 heterocycles. The van der Waals surface area contributed by atoms with E-state index < -0.39 is 0 Å². The summed E-state index contributed by atoms with van der Waals surface area (Å²) in [7, 11) is 0. The van der Waals surface area contributed by atoms with E-state index in [1.165, 1.54) is 0 Å². The van der Waals surface area contributed by atoms with Gasteiger partial charge in [0.05, 0.1) is 6.04 Å². The van der Waals surface area contributed by atoms with Gasteiger partial charge in [-0.05, 0) is 47.6 Å². The normalized spacial score (nSPS) is 18.4. The Hall–Kier alpha value is -1.51. The Labute approximate surface area is 179 Å². The molecule has 7 heteroatoms. The molecule has 1 aromatic rings. The van der Waals surface area contributed by atoms with Crippen molar-refractivity contribution in [2.75, 3.05) is 13.1 Å². The Morgan fingerprint density at radius 1 is 1.30 bits per heavy atom. The first-order chi connectivity index (χ1) is 12.1. The lowest BCUT2D eigenvalue weighted by molar-refractivity contribution is -0.121. The molecule has 1 aliphatic heterocycles. The van der Waals surface area contributed by atoms with Gasteiger partial charge in [0, 0.05) is 24.1 Å². The van der Waals surface area contributed by atoms with Crippen molar-refractivity contribution < 1.29 is 9.53 Å². The summed E-state index contributed by atoms with van der Waals surface area (Å²) in [6.07, 6.45) is 0.808. The maximum Gasteiger partial charge on any atom is 0.242 e. The Bertz CT molecular complexity index is 668. The van der Waals surface area contributed by atoms with Crippen LogP contribution in [0.15, 0.2) is 29.3 Å². The molecule has 3 N–H and O–H groups in total. The number of guanidine groups is 1. The fourth-order valence-electron chi connectivity index (χ4n) is 3.02. The molecular weight excluding hydrogens is 455 g/mol. The number of carbonyl (C=O) groups excluding carboxylic acids is 1. The second-order valence-corrected chi connectivity index (χ2v) is 8.29. The van der Waals surface area contributed by atoms with E-state index in [2.05, 4.69) is 40.9 Å². The second-order valence-electron chi connectivity index (χ2n) is 8.29. The van der Waals surface area contributed by atoms with Gasteiger partial charge >= 0.3 is 0 Å². The zero-order valence-electron chi connectivity index (χ0n) is 17.2. The van der Waals surface area contributed by atoms with E-state index in [0.717, 1.165) is 24.3 Å². The molecule has 0 fully saturated rings. The Morgan fingerprint density at radius 3 is 2.59 bits per heavy atom. The predicted molar refractivity (Wildman–Crippen MR) is 121 cm³/mol. The van der Waals surface area contributed by atoms with Crippen molar-refractivity contribution in [3.8, 4) is 5.75 Å². The minimum atomic E-state index is -0.271. The number of para-hydroxylation sites is 1. The fraction of sp³-hybridized carbons (Fsp3) is 0.600. The molecule has 2 rings (SSSR count). The van der Waals surface area contributed by atoms with E-state index in [1.54, 1.807) is 0 Å². The van der Waals surface area contributed by atoms with E-state index in [4.69, 9.17) is 4.74 Å². The molecule has 1 unspecified atom stereocenters. The van der Waals surface area contributed by atoms with Gasteiger partial charge in [-0.3, -0.25) is 4.79 Å². The second kappa shape index (κ2) is 9.61. The van der Waals surface area contributed by atoms with Gasteiger partial charge in [0.1, 0.15) is 17.9 Å². The highest BCUT2D eigenvalue weighted by Crippen LogP contribution is 2.39. The van der Waals surface area contributed by atoms with Crippen LogP contribution in [0.4, 0.5) is 0 Å². The molecule has 0 saturated heterocycles. The molecule has 0 radical (unpaired) electrons. The summed E-state index contributed by atoms with van der Waals surface area (Å²) in [6, 6.07) is 8.12. The molecule has 1 aromatic carbocycles. The van der Waals surface area contributed by atoms with Crippen molar-refractivity contribution in [1.82, 2.24) is 16.0 Å². The number of nitrogens with zero attached hydrogens (tertiary/aromatic N) is 1. The third-order valence-electron chi connectivity index (χ3n) is 3.93. The van der Waals surface area contributed by atoms with Gasteiger partial charge in [0.2, 0.25) is 5.91 Å². The number of aliphatic imine (C=N–C) groups is 1. The van der Waals surface area contributed by atoms with Crippen LogP contribution >= 0.6 is 24.0 Å². The largest absolute Gasteiger partial charge is 0.487 e. The number of ether oxygens (including phenoxy) is 1. The molecular formula is C20H33IN4O2. The average Bonchev–Trinajstić information content (AvgIpc) is 2.50. The molecule has 152 valence electrons. The molecule has 0 aliphatic carbocycles. The zero-order chi connectivity index (χ0) is 19.4. The number of amides is 1. The summed E-state index contributed by atoms with van der Waals surface area (Å²) in [5.74, 6) is 1.43. The number of hydrogen-bond acceptors (Lipinski definition) is 3. The summed E-state index contributed by atoms with van der Waals surface area (Å²) in [5.41, 5.74) is 0.575. The zero-order valence-corrected chi connectivity index (χ0v) is 19.5. The number of rotatable bonds is 4. The van der Waals surface area contributed by atoms with Gasteiger partial charge in [-0.2, -0.15) is 0 Å². The number of nitrogens with one attached hydrogen (secondary N) is 3. The maximum absolute atomic E-state index is 12.1. The first-order valence-corrected chi connectivity index (χ1v) is 9.23. The minimum absolute atomic E-state index is 0. The number of halogens is 1. The molecule has 27 heavy (non-hydrogen) atoms. The average molecular weight is 488 g/mol. The lowest BCUT2D eigenvalue weighted by atomic mass is 9.90. The lowest BCUT2D eigenvalue weighted by Crippen LogP contribution is -2.46.